The summed E-state index contributed by atoms with van der Waals surface area (Å²) in [6.45, 7) is 0.156. The second kappa shape index (κ2) is 7.38. The summed E-state index contributed by atoms with van der Waals surface area (Å²) in [5, 5.41) is 4.84. The number of carbonyl (C=O) groups excluding carboxylic acids is 2. The molecule has 0 saturated heterocycles. The van der Waals surface area contributed by atoms with Crippen molar-refractivity contribution in [3.63, 3.8) is 0 Å². The molecule has 0 unspecified atom stereocenters. The van der Waals surface area contributed by atoms with E-state index >= 15 is 0 Å². The molecule has 0 radical (unpaired) electrons. The summed E-state index contributed by atoms with van der Waals surface area (Å²) in [5.74, 6) is -0.107. The van der Waals surface area contributed by atoms with Gasteiger partial charge in [0.1, 0.15) is 0 Å². The van der Waals surface area contributed by atoms with Gasteiger partial charge in [-0.25, -0.2) is 0 Å². The zero-order valence-electron chi connectivity index (χ0n) is 13.1. The molecule has 0 aromatic heterocycles. The topological polar surface area (TPSA) is 46.2 Å². The third-order valence-corrected chi connectivity index (χ3v) is 3.77. The minimum atomic E-state index is -0.0912. The van der Waals surface area contributed by atoms with Gasteiger partial charge in [0.15, 0.2) is 11.6 Å². The van der Waals surface area contributed by atoms with E-state index in [1.807, 2.05) is 60.7 Å². The molecule has 3 aromatic rings. The van der Waals surface area contributed by atoms with Crippen LogP contribution in [0.5, 0.6) is 0 Å². The summed E-state index contributed by atoms with van der Waals surface area (Å²) < 4.78 is 0. The Morgan fingerprint density at radius 1 is 0.833 bits per heavy atom. The Kier molecular flexibility index (Phi) is 4.82. The molecular formula is C21H17NO2. The van der Waals surface area contributed by atoms with Gasteiger partial charge in [-0.1, -0.05) is 72.8 Å². The summed E-state index contributed by atoms with van der Waals surface area (Å²) >= 11 is 0. The van der Waals surface area contributed by atoms with E-state index in [1.165, 1.54) is 12.3 Å². The quantitative estimate of drug-likeness (QED) is 0.552. The van der Waals surface area contributed by atoms with Gasteiger partial charge >= 0.3 is 0 Å². The highest BCUT2D eigenvalue weighted by atomic mass is 16.1. The Hall–Kier alpha value is -3.20. The summed E-state index contributed by atoms with van der Waals surface area (Å²) in [6.07, 6.45) is 2.99. The van der Waals surface area contributed by atoms with Crippen molar-refractivity contribution in [1.82, 2.24) is 5.32 Å². The molecule has 0 fully saturated rings. The zero-order chi connectivity index (χ0) is 16.8. The van der Waals surface area contributed by atoms with Crippen LogP contribution in [0.25, 0.3) is 10.8 Å². The van der Waals surface area contributed by atoms with E-state index < -0.39 is 0 Å². The first-order valence-corrected chi connectivity index (χ1v) is 7.76. The molecule has 0 bridgehead atoms. The standard InChI is InChI=1S/C21H17NO2/c23-20(19-12-6-10-16-7-4-5-11-18(16)19)13-14-22-15-21(24)17-8-2-1-3-9-17/h1-14,22H,15H2/b14-13-. The van der Waals surface area contributed by atoms with Crippen molar-refractivity contribution in [2.24, 2.45) is 0 Å². The SMILES string of the molecule is O=C(CN/C=C\C(=O)c1cccc2ccccc12)c1ccccc1. The van der Waals surface area contributed by atoms with Gasteiger partial charge in [-0.3, -0.25) is 9.59 Å². The second-order valence-electron chi connectivity index (χ2n) is 5.39. The van der Waals surface area contributed by atoms with Crippen LogP contribution in [0.15, 0.2) is 85.1 Å². The van der Waals surface area contributed by atoms with Crippen LogP contribution in [0.2, 0.25) is 0 Å². The molecule has 0 aliphatic carbocycles. The molecule has 0 amide bonds. The van der Waals surface area contributed by atoms with Gasteiger partial charge in [-0.2, -0.15) is 0 Å². The summed E-state index contributed by atoms with van der Waals surface area (Å²) in [6, 6.07) is 22.5. The lowest BCUT2D eigenvalue weighted by Crippen LogP contribution is -2.18. The zero-order valence-corrected chi connectivity index (χ0v) is 13.1. The first kappa shape index (κ1) is 15.7. The molecule has 1 N–H and O–H groups in total. The maximum absolute atomic E-state index is 12.4. The van der Waals surface area contributed by atoms with Crippen molar-refractivity contribution in [3.05, 3.63) is 96.2 Å². The van der Waals surface area contributed by atoms with Gasteiger partial charge in [0.25, 0.3) is 0 Å². The highest BCUT2D eigenvalue weighted by molar-refractivity contribution is 6.13. The number of ketones is 2. The Morgan fingerprint density at radius 2 is 1.54 bits per heavy atom. The lowest BCUT2D eigenvalue weighted by atomic mass is 10.0. The highest BCUT2D eigenvalue weighted by Gasteiger charge is 2.06. The molecule has 0 saturated carbocycles. The van der Waals surface area contributed by atoms with Gasteiger partial charge in [-0.05, 0) is 10.8 Å². The molecule has 0 heterocycles. The predicted molar refractivity (Wildman–Crippen MR) is 96.2 cm³/mol. The maximum Gasteiger partial charge on any atom is 0.187 e. The lowest BCUT2D eigenvalue weighted by Gasteiger charge is -2.03. The largest absolute Gasteiger partial charge is 0.383 e. The molecular weight excluding hydrogens is 298 g/mol. The third-order valence-electron chi connectivity index (χ3n) is 3.77. The molecule has 118 valence electrons. The number of fused-ring (bicyclic) bond motifs is 1. The molecule has 24 heavy (non-hydrogen) atoms. The van der Waals surface area contributed by atoms with Crippen molar-refractivity contribution in [2.75, 3.05) is 6.54 Å². The highest BCUT2D eigenvalue weighted by Crippen LogP contribution is 2.19. The average molecular weight is 315 g/mol. The lowest BCUT2D eigenvalue weighted by molar-refractivity contribution is 0.0992. The van der Waals surface area contributed by atoms with Crippen LogP contribution in [0.3, 0.4) is 0 Å². The number of benzene rings is 3. The normalized spacial score (nSPS) is 10.8. The fraction of sp³-hybridized carbons (Fsp3) is 0.0476. The van der Waals surface area contributed by atoms with Crippen LogP contribution in [0.4, 0.5) is 0 Å². The van der Waals surface area contributed by atoms with E-state index in [2.05, 4.69) is 5.32 Å². The smallest absolute Gasteiger partial charge is 0.187 e. The van der Waals surface area contributed by atoms with Gasteiger partial charge in [0.05, 0.1) is 6.54 Å². The van der Waals surface area contributed by atoms with E-state index in [-0.39, 0.29) is 18.1 Å². The van der Waals surface area contributed by atoms with Crippen molar-refractivity contribution in [2.45, 2.75) is 0 Å². The molecule has 0 aliphatic heterocycles. The minimum absolute atomic E-state index is 0.0159. The van der Waals surface area contributed by atoms with E-state index in [1.54, 1.807) is 12.1 Å². The fourth-order valence-corrected chi connectivity index (χ4v) is 2.54. The number of hydrogen-bond donors (Lipinski definition) is 1. The maximum atomic E-state index is 12.4. The number of nitrogens with one attached hydrogen (secondary N) is 1. The molecule has 0 atom stereocenters. The number of rotatable bonds is 6. The van der Waals surface area contributed by atoms with Gasteiger partial charge in [0.2, 0.25) is 0 Å². The Labute approximate surface area is 140 Å². The van der Waals surface area contributed by atoms with Crippen LogP contribution in [0, 0.1) is 0 Å². The Balaban J connectivity index is 1.64. The van der Waals surface area contributed by atoms with Crippen molar-refractivity contribution in [3.8, 4) is 0 Å². The molecule has 0 spiro atoms. The van der Waals surface area contributed by atoms with Gasteiger partial charge in [0, 0.05) is 23.4 Å². The predicted octanol–water partition coefficient (Wildman–Crippen LogP) is 4.01. The molecule has 3 nitrogen and oxygen atoms in total. The van der Waals surface area contributed by atoms with Gasteiger partial charge in [-0.15, -0.1) is 0 Å². The van der Waals surface area contributed by atoms with Crippen LogP contribution >= 0.6 is 0 Å². The number of allylic oxidation sites excluding steroid dienone is 1. The minimum Gasteiger partial charge on any atom is -0.383 e. The molecule has 3 aromatic carbocycles. The van der Waals surface area contributed by atoms with E-state index in [9.17, 15) is 9.59 Å². The van der Waals surface area contributed by atoms with Crippen molar-refractivity contribution >= 4 is 22.3 Å². The summed E-state index contributed by atoms with van der Waals surface area (Å²) in [4.78, 5) is 24.3. The first-order chi connectivity index (χ1) is 11.8. The first-order valence-electron chi connectivity index (χ1n) is 7.76. The van der Waals surface area contributed by atoms with Gasteiger partial charge < -0.3 is 5.32 Å². The van der Waals surface area contributed by atoms with Crippen molar-refractivity contribution in [1.29, 1.82) is 0 Å². The fourth-order valence-electron chi connectivity index (χ4n) is 2.54. The molecule has 3 rings (SSSR count). The third kappa shape index (κ3) is 3.58. The summed E-state index contributed by atoms with van der Waals surface area (Å²) in [5.41, 5.74) is 1.30. The van der Waals surface area contributed by atoms with E-state index in [0.717, 1.165) is 10.8 Å². The van der Waals surface area contributed by atoms with E-state index in [0.29, 0.717) is 11.1 Å². The Bertz CT molecular complexity index is 893. The number of Topliss-reactive ketones (excluding diaryl/α,β-unsaturated/α-hetero) is 1. The summed E-state index contributed by atoms with van der Waals surface area (Å²) in [7, 11) is 0. The monoisotopic (exact) mass is 315 g/mol. The van der Waals surface area contributed by atoms with Crippen LogP contribution in [-0.2, 0) is 0 Å². The number of carbonyl (C=O) groups is 2. The van der Waals surface area contributed by atoms with Crippen molar-refractivity contribution < 1.29 is 9.59 Å². The average Bonchev–Trinajstić information content (AvgIpc) is 2.65. The van der Waals surface area contributed by atoms with Crippen LogP contribution < -0.4 is 5.32 Å². The molecule has 3 heteroatoms. The van der Waals surface area contributed by atoms with Crippen LogP contribution in [0.1, 0.15) is 20.7 Å². The second-order valence-corrected chi connectivity index (χ2v) is 5.39. The van der Waals surface area contributed by atoms with Crippen LogP contribution in [-0.4, -0.2) is 18.1 Å². The Morgan fingerprint density at radius 3 is 2.38 bits per heavy atom. The molecule has 0 aliphatic rings. The van der Waals surface area contributed by atoms with E-state index in [4.69, 9.17) is 0 Å². The number of hydrogen-bond acceptors (Lipinski definition) is 3.